The molecule has 3 nitrogen and oxygen atoms in total. The van der Waals surface area contributed by atoms with E-state index in [-0.39, 0.29) is 5.92 Å². The predicted molar refractivity (Wildman–Crippen MR) is 80.6 cm³/mol. The molecule has 1 amide bonds. The van der Waals surface area contributed by atoms with E-state index in [2.05, 4.69) is 41.0 Å². The Balaban J connectivity index is 1.52. The summed E-state index contributed by atoms with van der Waals surface area (Å²) >= 11 is 0. The van der Waals surface area contributed by atoms with Crippen LogP contribution >= 0.6 is 0 Å². The molecule has 108 valence electrons. The van der Waals surface area contributed by atoms with Crippen LogP contribution in [0.1, 0.15) is 31.2 Å². The fourth-order valence-corrected chi connectivity index (χ4v) is 3.28. The summed E-state index contributed by atoms with van der Waals surface area (Å²) in [5.74, 6) is 1.10. The Morgan fingerprint density at radius 1 is 1.15 bits per heavy atom. The van der Waals surface area contributed by atoms with Crippen molar-refractivity contribution in [3.63, 3.8) is 0 Å². The number of carbonyl (C=O) groups excluding carboxylic acids is 1. The topological polar surface area (TPSA) is 23.6 Å². The predicted octanol–water partition coefficient (Wildman–Crippen LogP) is 2.34. The lowest BCUT2D eigenvalue weighted by Gasteiger charge is -2.34. The van der Waals surface area contributed by atoms with Crippen LogP contribution in [-0.2, 0) is 4.79 Å². The Morgan fingerprint density at radius 3 is 2.50 bits per heavy atom. The number of rotatable bonds is 4. The van der Waals surface area contributed by atoms with E-state index in [1.165, 1.54) is 12.0 Å². The van der Waals surface area contributed by atoms with E-state index in [1.54, 1.807) is 0 Å². The third kappa shape index (κ3) is 2.88. The lowest BCUT2D eigenvalue weighted by Crippen LogP contribution is -2.49. The molecular weight excluding hydrogens is 248 g/mol. The molecule has 1 heterocycles. The second-order valence-corrected chi connectivity index (χ2v) is 6.03. The SMILES string of the molecule is CCCN1CCN(C(=O)[C@@H]2C[C@H]2c2ccccc2)CC1. The Kier molecular flexibility index (Phi) is 4.06. The molecule has 0 bridgehead atoms. The molecule has 1 aromatic carbocycles. The van der Waals surface area contributed by atoms with Crippen LogP contribution < -0.4 is 0 Å². The number of nitrogens with zero attached hydrogens (tertiary/aromatic N) is 2. The fourth-order valence-electron chi connectivity index (χ4n) is 3.28. The van der Waals surface area contributed by atoms with E-state index in [4.69, 9.17) is 0 Å². The number of amides is 1. The van der Waals surface area contributed by atoms with E-state index in [9.17, 15) is 4.79 Å². The molecule has 1 saturated heterocycles. The maximum absolute atomic E-state index is 12.5. The van der Waals surface area contributed by atoms with E-state index >= 15 is 0 Å². The minimum absolute atomic E-state index is 0.245. The van der Waals surface area contributed by atoms with Crippen molar-refractivity contribution < 1.29 is 4.79 Å². The maximum Gasteiger partial charge on any atom is 0.226 e. The summed E-state index contributed by atoms with van der Waals surface area (Å²) in [6.45, 7) is 7.29. The van der Waals surface area contributed by atoms with E-state index in [0.29, 0.717) is 11.8 Å². The first-order chi connectivity index (χ1) is 9.79. The molecule has 0 radical (unpaired) electrons. The molecule has 2 fully saturated rings. The van der Waals surface area contributed by atoms with Crippen molar-refractivity contribution in [3.8, 4) is 0 Å². The summed E-state index contributed by atoms with van der Waals surface area (Å²) in [6, 6.07) is 10.5. The van der Waals surface area contributed by atoms with Crippen LogP contribution in [0.2, 0.25) is 0 Å². The van der Waals surface area contributed by atoms with E-state index < -0.39 is 0 Å². The first-order valence-corrected chi connectivity index (χ1v) is 7.85. The second-order valence-electron chi connectivity index (χ2n) is 6.03. The molecular formula is C17H24N2O. The highest BCUT2D eigenvalue weighted by atomic mass is 16.2. The molecule has 0 unspecified atom stereocenters. The first kappa shape index (κ1) is 13.6. The summed E-state index contributed by atoms with van der Waals surface area (Å²) in [6.07, 6.45) is 2.24. The van der Waals surface area contributed by atoms with Gasteiger partial charge in [-0.05, 0) is 30.9 Å². The van der Waals surface area contributed by atoms with Crippen molar-refractivity contribution in [1.29, 1.82) is 0 Å². The number of benzene rings is 1. The van der Waals surface area contributed by atoms with Crippen LogP contribution in [0.3, 0.4) is 0 Å². The Morgan fingerprint density at radius 2 is 1.85 bits per heavy atom. The summed E-state index contributed by atoms with van der Waals surface area (Å²) in [5, 5.41) is 0. The number of piperazine rings is 1. The van der Waals surface area contributed by atoms with Crippen molar-refractivity contribution in [2.24, 2.45) is 5.92 Å². The average molecular weight is 272 g/mol. The molecule has 2 atom stereocenters. The summed E-state index contributed by atoms with van der Waals surface area (Å²) < 4.78 is 0. The molecule has 2 aliphatic rings. The molecule has 3 heteroatoms. The first-order valence-electron chi connectivity index (χ1n) is 7.85. The van der Waals surface area contributed by atoms with Crippen molar-refractivity contribution in [3.05, 3.63) is 35.9 Å². The molecule has 0 aromatic heterocycles. The zero-order valence-electron chi connectivity index (χ0n) is 12.3. The normalized spacial score (nSPS) is 26.6. The fraction of sp³-hybridized carbons (Fsp3) is 0.588. The van der Waals surface area contributed by atoms with Crippen LogP contribution in [-0.4, -0.2) is 48.4 Å². The van der Waals surface area contributed by atoms with Crippen LogP contribution in [0.5, 0.6) is 0 Å². The van der Waals surface area contributed by atoms with Gasteiger partial charge in [-0.25, -0.2) is 0 Å². The third-order valence-corrected chi connectivity index (χ3v) is 4.56. The zero-order chi connectivity index (χ0) is 13.9. The summed E-state index contributed by atoms with van der Waals surface area (Å²) in [5.41, 5.74) is 1.33. The number of carbonyl (C=O) groups is 1. The van der Waals surface area contributed by atoms with Crippen LogP contribution in [0.15, 0.2) is 30.3 Å². The molecule has 0 spiro atoms. The smallest absolute Gasteiger partial charge is 0.226 e. The quantitative estimate of drug-likeness (QED) is 0.840. The molecule has 20 heavy (non-hydrogen) atoms. The standard InChI is InChI=1S/C17H24N2O/c1-2-8-18-9-11-19(12-10-18)17(20)16-13-15(16)14-6-4-3-5-7-14/h3-7,15-16H,2,8-13H2,1H3/t15-,16+/m0/s1. The Bertz CT molecular complexity index is 451. The lowest BCUT2D eigenvalue weighted by molar-refractivity contribution is -0.134. The van der Waals surface area contributed by atoms with E-state index in [0.717, 1.165) is 39.1 Å². The molecule has 3 rings (SSSR count). The van der Waals surface area contributed by atoms with Gasteiger partial charge in [-0.1, -0.05) is 37.3 Å². The Hall–Kier alpha value is -1.35. The van der Waals surface area contributed by atoms with Crippen LogP contribution in [0.4, 0.5) is 0 Å². The van der Waals surface area contributed by atoms with Crippen LogP contribution in [0, 0.1) is 5.92 Å². The molecule has 1 aliphatic carbocycles. The number of hydrogen-bond acceptors (Lipinski definition) is 2. The van der Waals surface area contributed by atoms with Gasteiger partial charge in [0.1, 0.15) is 0 Å². The molecule has 1 aromatic rings. The zero-order valence-corrected chi connectivity index (χ0v) is 12.3. The van der Waals surface area contributed by atoms with Gasteiger partial charge in [-0.15, -0.1) is 0 Å². The van der Waals surface area contributed by atoms with Gasteiger partial charge in [0.05, 0.1) is 0 Å². The van der Waals surface area contributed by atoms with Crippen molar-refractivity contribution in [2.45, 2.75) is 25.7 Å². The van der Waals surface area contributed by atoms with Gasteiger partial charge in [0.25, 0.3) is 0 Å². The summed E-state index contributed by atoms with van der Waals surface area (Å²) in [4.78, 5) is 17.1. The van der Waals surface area contributed by atoms with Gasteiger partial charge in [-0.2, -0.15) is 0 Å². The van der Waals surface area contributed by atoms with Crippen molar-refractivity contribution >= 4 is 5.91 Å². The highest BCUT2D eigenvalue weighted by Gasteiger charge is 2.45. The Labute approximate surface area is 121 Å². The van der Waals surface area contributed by atoms with Crippen molar-refractivity contribution in [1.82, 2.24) is 9.80 Å². The van der Waals surface area contributed by atoms with Crippen molar-refractivity contribution in [2.75, 3.05) is 32.7 Å². The molecule has 0 N–H and O–H groups in total. The van der Waals surface area contributed by atoms with Gasteiger partial charge in [0, 0.05) is 32.1 Å². The molecule has 1 saturated carbocycles. The van der Waals surface area contributed by atoms with Gasteiger partial charge in [0.2, 0.25) is 5.91 Å². The maximum atomic E-state index is 12.5. The number of hydrogen-bond donors (Lipinski definition) is 0. The van der Waals surface area contributed by atoms with Crippen LogP contribution in [0.25, 0.3) is 0 Å². The lowest BCUT2D eigenvalue weighted by atomic mass is 10.1. The third-order valence-electron chi connectivity index (χ3n) is 4.56. The second kappa shape index (κ2) is 5.96. The van der Waals surface area contributed by atoms with Gasteiger partial charge in [0.15, 0.2) is 0 Å². The van der Waals surface area contributed by atoms with Gasteiger partial charge >= 0.3 is 0 Å². The highest BCUT2D eigenvalue weighted by molar-refractivity contribution is 5.83. The average Bonchev–Trinajstić information content (AvgIpc) is 3.29. The molecule has 1 aliphatic heterocycles. The summed E-state index contributed by atoms with van der Waals surface area (Å²) in [7, 11) is 0. The monoisotopic (exact) mass is 272 g/mol. The van der Waals surface area contributed by atoms with E-state index in [1.807, 2.05) is 6.07 Å². The highest BCUT2D eigenvalue weighted by Crippen LogP contribution is 2.48. The van der Waals surface area contributed by atoms with Gasteiger partial charge in [-0.3, -0.25) is 9.69 Å². The minimum Gasteiger partial charge on any atom is -0.340 e. The minimum atomic E-state index is 0.245. The van der Waals surface area contributed by atoms with Gasteiger partial charge < -0.3 is 4.90 Å². The largest absolute Gasteiger partial charge is 0.340 e.